The predicted octanol–water partition coefficient (Wildman–Crippen LogP) is 5.87. The number of amides is 1. The third kappa shape index (κ3) is 5.65. The van der Waals surface area contributed by atoms with Crippen LogP contribution in [0.2, 0.25) is 0 Å². The second-order valence-electron chi connectivity index (χ2n) is 12.1. The number of nitrogens with zero attached hydrogens (tertiary/aromatic N) is 1. The Labute approximate surface area is 242 Å². The number of H-pyrrole nitrogens is 1. The molecule has 7 nitrogen and oxygen atoms in total. The number of ether oxygens (including phenoxy) is 1. The fraction of sp³-hybridized carbons (Fsp3) is 0.548. The van der Waals surface area contributed by atoms with E-state index in [1.807, 2.05) is 44.4 Å². The van der Waals surface area contributed by atoms with Crippen LogP contribution in [0.1, 0.15) is 78.8 Å². The summed E-state index contributed by atoms with van der Waals surface area (Å²) in [6.45, 7) is 6.12. The maximum Gasteiger partial charge on any atom is 0.254 e. The molecule has 3 aliphatic rings. The van der Waals surface area contributed by atoms with Crippen LogP contribution in [0.25, 0.3) is 10.9 Å². The van der Waals surface area contributed by atoms with Crippen LogP contribution in [0.3, 0.4) is 0 Å². The van der Waals surface area contributed by atoms with Crippen molar-refractivity contribution in [1.29, 1.82) is 0 Å². The quantitative estimate of drug-likeness (QED) is 0.260. The number of hydrogen-bond donors (Lipinski definition) is 3. The molecule has 0 unspecified atom stereocenters. The number of aryl methyl sites for hydroxylation is 1. The van der Waals surface area contributed by atoms with E-state index >= 15 is 0 Å². The van der Waals surface area contributed by atoms with Gasteiger partial charge in [0.2, 0.25) is 0 Å². The fourth-order valence-corrected chi connectivity index (χ4v) is 7.20. The number of rotatable bonds is 10. The zero-order chi connectivity index (χ0) is 29.1. The first kappa shape index (κ1) is 28.3. The minimum atomic E-state index is -2.52. The van der Waals surface area contributed by atoms with E-state index in [0.717, 1.165) is 58.6 Å². The van der Waals surface area contributed by atoms with E-state index < -0.39 is 5.92 Å². The van der Waals surface area contributed by atoms with Gasteiger partial charge in [0.15, 0.2) is 0 Å². The Morgan fingerprint density at radius 1 is 1.20 bits per heavy atom. The highest BCUT2D eigenvalue weighted by molar-refractivity contribution is 7.98. The Morgan fingerprint density at radius 2 is 1.93 bits per heavy atom. The Morgan fingerprint density at radius 3 is 2.59 bits per heavy atom. The lowest BCUT2D eigenvalue weighted by atomic mass is 9.74. The Balaban J connectivity index is 1.25. The minimum Gasteiger partial charge on any atom is -0.490 e. The summed E-state index contributed by atoms with van der Waals surface area (Å²) in [5.74, 6) is -1.62. The zero-order valence-electron chi connectivity index (χ0n) is 24.0. The summed E-state index contributed by atoms with van der Waals surface area (Å²) >= 11 is 1.49. The molecule has 6 rings (SSSR count). The lowest BCUT2D eigenvalue weighted by Gasteiger charge is -2.45. The summed E-state index contributed by atoms with van der Waals surface area (Å²) in [5.41, 5.74) is 3.56. The van der Waals surface area contributed by atoms with Crippen LogP contribution >= 0.6 is 11.8 Å². The van der Waals surface area contributed by atoms with E-state index in [9.17, 15) is 18.4 Å². The van der Waals surface area contributed by atoms with E-state index in [-0.39, 0.29) is 55.1 Å². The van der Waals surface area contributed by atoms with E-state index in [1.54, 1.807) is 0 Å². The van der Waals surface area contributed by atoms with Gasteiger partial charge < -0.3 is 24.9 Å². The van der Waals surface area contributed by atoms with Gasteiger partial charge in [0, 0.05) is 70.3 Å². The van der Waals surface area contributed by atoms with Crippen LogP contribution in [-0.4, -0.2) is 45.8 Å². The lowest BCUT2D eigenvalue weighted by Crippen LogP contribution is -2.55. The number of carbonyl (C=O) groups is 1. The van der Waals surface area contributed by atoms with Crippen LogP contribution in [0, 0.1) is 19.8 Å². The molecule has 3 aromatic rings. The summed E-state index contributed by atoms with van der Waals surface area (Å²) in [5, 5.41) is 7.25. The number of carbonyl (C=O) groups excluding carboxylic acids is 1. The number of fused-ring (bicyclic) bond motifs is 1. The molecule has 3 aliphatic carbocycles. The van der Waals surface area contributed by atoms with Crippen LogP contribution in [0.15, 0.2) is 34.0 Å². The molecule has 2 aromatic heterocycles. The third-order valence-corrected chi connectivity index (χ3v) is 9.78. The average Bonchev–Trinajstić information content (AvgIpc) is 3.63. The molecule has 10 heteroatoms. The standard InChI is InChI=1S/C31H38F2N4O3S/c1-16-9-27(41-4)25(29(38)35-16)15-34-30(39)28-18(3)37(26-8-7-23(12-24(26)28)40-22-5-6-22)17(2)19-10-20(11-19)36-21-13-31(32,33)14-21/h7-9,12,17,19-22,36H,5-6,10-11,13-15H2,1-4H3,(H,34,39)(H,35,38)/t17-,19?,20?/m1/s1. The van der Waals surface area contributed by atoms with E-state index in [1.165, 1.54) is 11.8 Å². The van der Waals surface area contributed by atoms with Crippen LogP contribution < -0.4 is 20.9 Å². The molecule has 0 saturated heterocycles. The first-order chi connectivity index (χ1) is 19.5. The van der Waals surface area contributed by atoms with Gasteiger partial charge in [-0.25, -0.2) is 8.78 Å². The molecule has 3 N–H and O–H groups in total. The molecule has 1 aromatic carbocycles. The molecule has 1 atom stereocenters. The van der Waals surface area contributed by atoms with Gasteiger partial charge in [-0.1, -0.05) is 0 Å². The Hall–Kier alpha value is -2.85. The molecule has 0 aliphatic heterocycles. The average molecular weight is 585 g/mol. The van der Waals surface area contributed by atoms with Crippen molar-refractivity contribution >= 4 is 28.6 Å². The Kier molecular flexibility index (Phi) is 7.43. The summed E-state index contributed by atoms with van der Waals surface area (Å²) in [6.07, 6.45) is 5.94. The molecule has 3 fully saturated rings. The zero-order valence-corrected chi connectivity index (χ0v) is 24.8. The van der Waals surface area contributed by atoms with E-state index in [4.69, 9.17) is 4.74 Å². The summed E-state index contributed by atoms with van der Waals surface area (Å²) in [6, 6.07) is 8.19. The molecule has 2 heterocycles. The molecule has 0 spiro atoms. The van der Waals surface area contributed by atoms with Gasteiger partial charge in [-0.3, -0.25) is 9.59 Å². The number of alkyl halides is 2. The van der Waals surface area contributed by atoms with Crippen LogP contribution in [0.5, 0.6) is 5.75 Å². The number of halogens is 2. The molecule has 1 amide bonds. The summed E-state index contributed by atoms with van der Waals surface area (Å²) in [4.78, 5) is 30.1. The first-order valence-electron chi connectivity index (χ1n) is 14.5. The van der Waals surface area contributed by atoms with Gasteiger partial charge in [0.1, 0.15) is 5.75 Å². The van der Waals surface area contributed by atoms with Gasteiger partial charge in [-0.15, -0.1) is 11.8 Å². The fourth-order valence-electron chi connectivity index (χ4n) is 6.49. The summed E-state index contributed by atoms with van der Waals surface area (Å²) in [7, 11) is 0. The van der Waals surface area contributed by atoms with Crippen molar-refractivity contribution in [2.24, 2.45) is 5.92 Å². The number of aromatic nitrogens is 2. The monoisotopic (exact) mass is 584 g/mol. The highest BCUT2D eigenvalue weighted by Crippen LogP contribution is 2.44. The van der Waals surface area contributed by atoms with E-state index in [2.05, 4.69) is 27.1 Å². The second-order valence-corrected chi connectivity index (χ2v) is 13.0. The van der Waals surface area contributed by atoms with Gasteiger partial charge in [-0.05, 0) is 82.9 Å². The minimum absolute atomic E-state index is 0.0678. The largest absolute Gasteiger partial charge is 0.490 e. The van der Waals surface area contributed by atoms with Crippen molar-refractivity contribution in [2.45, 2.75) is 101 Å². The van der Waals surface area contributed by atoms with Crippen molar-refractivity contribution in [2.75, 3.05) is 6.26 Å². The number of benzene rings is 1. The summed E-state index contributed by atoms with van der Waals surface area (Å²) < 4.78 is 34.9. The first-order valence-corrected chi connectivity index (χ1v) is 15.8. The SMILES string of the molecule is CSc1cc(C)[nH]c(=O)c1CNC(=O)c1c(C)n([C@H](C)C2CC(NC3CC(F)(F)C3)C2)c2ccc(OC3CC3)cc12. The van der Waals surface area contributed by atoms with Crippen molar-refractivity contribution in [1.82, 2.24) is 20.2 Å². The van der Waals surface area contributed by atoms with Crippen molar-refractivity contribution < 1.29 is 18.3 Å². The predicted molar refractivity (Wildman–Crippen MR) is 157 cm³/mol. The normalized spacial score (nSPS) is 22.7. The van der Waals surface area contributed by atoms with Gasteiger partial charge in [0.05, 0.1) is 11.7 Å². The van der Waals surface area contributed by atoms with Crippen LogP contribution in [-0.2, 0) is 6.54 Å². The Bertz CT molecular complexity index is 1530. The number of hydrogen-bond acceptors (Lipinski definition) is 5. The number of thioether (sulfide) groups is 1. The lowest BCUT2D eigenvalue weighted by molar-refractivity contribution is -0.0981. The molecule has 0 radical (unpaired) electrons. The van der Waals surface area contributed by atoms with Crippen molar-refractivity contribution in [3.8, 4) is 5.75 Å². The molecular weight excluding hydrogens is 546 g/mol. The van der Waals surface area contributed by atoms with Crippen molar-refractivity contribution in [3.63, 3.8) is 0 Å². The molecule has 41 heavy (non-hydrogen) atoms. The van der Waals surface area contributed by atoms with Crippen LogP contribution in [0.4, 0.5) is 8.78 Å². The van der Waals surface area contributed by atoms with E-state index in [0.29, 0.717) is 17.0 Å². The topological polar surface area (TPSA) is 88.2 Å². The highest BCUT2D eigenvalue weighted by atomic mass is 32.2. The smallest absolute Gasteiger partial charge is 0.254 e. The number of nitrogens with one attached hydrogen (secondary N) is 3. The molecule has 3 saturated carbocycles. The second kappa shape index (κ2) is 10.8. The maximum atomic E-state index is 13.8. The molecule has 220 valence electrons. The number of aromatic amines is 1. The molecule has 0 bridgehead atoms. The third-order valence-electron chi connectivity index (χ3n) is 8.98. The maximum absolute atomic E-state index is 13.8. The van der Waals surface area contributed by atoms with Gasteiger partial charge >= 0.3 is 0 Å². The van der Waals surface area contributed by atoms with Crippen molar-refractivity contribution in [3.05, 3.63) is 57.1 Å². The van der Waals surface area contributed by atoms with Gasteiger partial charge in [-0.2, -0.15) is 0 Å². The van der Waals surface area contributed by atoms with Gasteiger partial charge in [0.25, 0.3) is 17.4 Å². The highest BCUT2D eigenvalue weighted by Gasteiger charge is 2.47. The number of pyridine rings is 1. The molecular formula is C31H38F2N4O3S.